The van der Waals surface area contributed by atoms with Crippen LogP contribution in [0.2, 0.25) is 0 Å². The van der Waals surface area contributed by atoms with Crippen LogP contribution in [0, 0.1) is 6.92 Å². The van der Waals surface area contributed by atoms with Gasteiger partial charge in [-0.05, 0) is 36.1 Å². The Kier molecular flexibility index (Phi) is 4.69. The number of nitrogens with one attached hydrogen (secondary N) is 1. The van der Waals surface area contributed by atoms with Gasteiger partial charge in [0.25, 0.3) is 5.91 Å². The van der Waals surface area contributed by atoms with Gasteiger partial charge in [-0.25, -0.2) is 5.43 Å². The number of hydrogen-bond donors (Lipinski definition) is 1. The Morgan fingerprint density at radius 3 is 2.45 bits per heavy atom. The zero-order valence-electron chi connectivity index (χ0n) is 11.9. The number of aryl methyl sites for hydroxylation is 1. The van der Waals surface area contributed by atoms with Crippen LogP contribution in [0.3, 0.4) is 0 Å². The first-order valence-corrected chi connectivity index (χ1v) is 7.37. The second kappa shape index (κ2) is 6.48. The SMILES string of the molecule is Cc1ccc(C(=O)NN=Cc2ccc(C(C)C)cc2)s1. The van der Waals surface area contributed by atoms with Gasteiger partial charge in [0.2, 0.25) is 0 Å². The van der Waals surface area contributed by atoms with Crippen molar-refractivity contribution in [3.63, 3.8) is 0 Å². The highest BCUT2D eigenvalue weighted by Crippen LogP contribution is 2.15. The van der Waals surface area contributed by atoms with Crippen LogP contribution in [0.25, 0.3) is 0 Å². The Bertz CT molecular complexity index is 612. The van der Waals surface area contributed by atoms with Crippen LogP contribution in [0.5, 0.6) is 0 Å². The number of carbonyl (C=O) groups is 1. The quantitative estimate of drug-likeness (QED) is 0.671. The van der Waals surface area contributed by atoms with E-state index in [1.807, 2.05) is 31.2 Å². The summed E-state index contributed by atoms with van der Waals surface area (Å²) in [5.74, 6) is 0.348. The van der Waals surface area contributed by atoms with Crippen molar-refractivity contribution in [1.82, 2.24) is 5.43 Å². The van der Waals surface area contributed by atoms with Crippen LogP contribution < -0.4 is 5.43 Å². The third-order valence-electron chi connectivity index (χ3n) is 2.95. The minimum atomic E-state index is -0.168. The molecule has 20 heavy (non-hydrogen) atoms. The van der Waals surface area contributed by atoms with E-state index in [1.165, 1.54) is 16.9 Å². The van der Waals surface area contributed by atoms with Crippen LogP contribution >= 0.6 is 11.3 Å². The fourth-order valence-electron chi connectivity index (χ4n) is 1.74. The minimum Gasteiger partial charge on any atom is -0.266 e. The number of rotatable bonds is 4. The van der Waals surface area contributed by atoms with Crippen molar-refractivity contribution < 1.29 is 4.79 Å². The third-order valence-corrected chi connectivity index (χ3v) is 3.95. The van der Waals surface area contributed by atoms with E-state index in [-0.39, 0.29) is 5.91 Å². The van der Waals surface area contributed by atoms with Crippen LogP contribution in [-0.2, 0) is 0 Å². The lowest BCUT2D eigenvalue weighted by Crippen LogP contribution is -2.16. The third kappa shape index (κ3) is 3.78. The molecule has 2 aromatic rings. The summed E-state index contributed by atoms with van der Waals surface area (Å²) in [6, 6.07) is 11.9. The maximum atomic E-state index is 11.8. The van der Waals surface area contributed by atoms with Gasteiger partial charge in [-0.2, -0.15) is 5.10 Å². The van der Waals surface area contributed by atoms with E-state index in [0.29, 0.717) is 10.8 Å². The molecule has 0 saturated heterocycles. The molecular formula is C16H18N2OS. The molecular weight excluding hydrogens is 268 g/mol. The van der Waals surface area contributed by atoms with Crippen LogP contribution in [0.1, 0.15) is 45.4 Å². The first-order valence-electron chi connectivity index (χ1n) is 6.56. The van der Waals surface area contributed by atoms with Crippen molar-refractivity contribution >= 4 is 23.5 Å². The number of thiophene rings is 1. The largest absolute Gasteiger partial charge is 0.281 e. The molecule has 3 nitrogen and oxygen atoms in total. The maximum absolute atomic E-state index is 11.8. The lowest BCUT2D eigenvalue weighted by Gasteiger charge is -2.04. The van der Waals surface area contributed by atoms with Crippen molar-refractivity contribution in [3.8, 4) is 0 Å². The number of hydrogen-bond acceptors (Lipinski definition) is 3. The van der Waals surface area contributed by atoms with Crippen LogP contribution in [0.4, 0.5) is 0 Å². The average molecular weight is 286 g/mol. The van der Waals surface area contributed by atoms with Gasteiger partial charge in [0, 0.05) is 4.88 Å². The molecule has 1 amide bonds. The van der Waals surface area contributed by atoms with E-state index in [4.69, 9.17) is 0 Å². The van der Waals surface area contributed by atoms with Gasteiger partial charge >= 0.3 is 0 Å². The summed E-state index contributed by atoms with van der Waals surface area (Å²) < 4.78 is 0. The van der Waals surface area contributed by atoms with Crippen LogP contribution in [-0.4, -0.2) is 12.1 Å². The normalized spacial score (nSPS) is 11.2. The average Bonchev–Trinajstić information content (AvgIpc) is 2.86. The molecule has 0 aliphatic rings. The van der Waals surface area contributed by atoms with Crippen molar-refractivity contribution in [2.75, 3.05) is 0 Å². The van der Waals surface area contributed by atoms with Crippen molar-refractivity contribution in [2.45, 2.75) is 26.7 Å². The molecule has 2 rings (SSSR count). The molecule has 0 aliphatic carbocycles. The van der Waals surface area contributed by atoms with Gasteiger partial charge in [-0.1, -0.05) is 38.1 Å². The molecule has 0 atom stereocenters. The summed E-state index contributed by atoms with van der Waals surface area (Å²) in [4.78, 5) is 13.6. The lowest BCUT2D eigenvalue weighted by molar-refractivity contribution is 0.0959. The molecule has 0 radical (unpaired) electrons. The molecule has 1 heterocycles. The topological polar surface area (TPSA) is 41.5 Å². The Hall–Kier alpha value is -1.94. The van der Waals surface area contributed by atoms with E-state index < -0.39 is 0 Å². The molecule has 0 bridgehead atoms. The highest BCUT2D eigenvalue weighted by atomic mass is 32.1. The molecule has 0 saturated carbocycles. The number of hydrazone groups is 1. The van der Waals surface area contributed by atoms with E-state index in [9.17, 15) is 4.79 Å². The molecule has 0 fully saturated rings. The summed E-state index contributed by atoms with van der Waals surface area (Å²) >= 11 is 1.46. The molecule has 4 heteroatoms. The molecule has 1 aromatic carbocycles. The van der Waals surface area contributed by atoms with Crippen molar-refractivity contribution in [2.24, 2.45) is 5.10 Å². The zero-order chi connectivity index (χ0) is 14.5. The van der Waals surface area contributed by atoms with Gasteiger partial charge in [0.15, 0.2) is 0 Å². The molecule has 0 aliphatic heterocycles. The summed E-state index contributed by atoms with van der Waals surface area (Å²) in [7, 11) is 0. The van der Waals surface area contributed by atoms with Gasteiger partial charge in [-0.3, -0.25) is 4.79 Å². The smallest absolute Gasteiger partial charge is 0.266 e. The molecule has 1 aromatic heterocycles. The Morgan fingerprint density at radius 2 is 1.90 bits per heavy atom. The van der Waals surface area contributed by atoms with Crippen LogP contribution in [0.15, 0.2) is 41.5 Å². The molecule has 104 valence electrons. The number of carbonyl (C=O) groups excluding carboxylic acids is 1. The monoisotopic (exact) mass is 286 g/mol. The standard InChI is InChI=1S/C16H18N2OS/c1-11(2)14-7-5-13(6-8-14)10-17-18-16(19)15-9-4-12(3)20-15/h4-11H,1-3H3,(H,18,19). The fourth-order valence-corrected chi connectivity index (χ4v) is 2.50. The van der Waals surface area contributed by atoms with Crippen molar-refractivity contribution in [3.05, 3.63) is 57.3 Å². The molecule has 1 N–H and O–H groups in total. The van der Waals surface area contributed by atoms with E-state index in [0.717, 1.165) is 10.4 Å². The Labute approximate surface area is 123 Å². The highest BCUT2D eigenvalue weighted by molar-refractivity contribution is 7.13. The fraction of sp³-hybridized carbons (Fsp3) is 0.250. The Balaban J connectivity index is 1.94. The van der Waals surface area contributed by atoms with Gasteiger partial charge < -0.3 is 0 Å². The van der Waals surface area contributed by atoms with Crippen molar-refractivity contribution in [1.29, 1.82) is 0 Å². The number of benzene rings is 1. The van der Waals surface area contributed by atoms with E-state index in [2.05, 4.69) is 36.5 Å². The first kappa shape index (κ1) is 14.5. The molecule has 0 spiro atoms. The summed E-state index contributed by atoms with van der Waals surface area (Å²) in [5, 5.41) is 3.98. The number of amides is 1. The summed E-state index contributed by atoms with van der Waals surface area (Å²) in [5.41, 5.74) is 4.80. The maximum Gasteiger partial charge on any atom is 0.281 e. The highest BCUT2D eigenvalue weighted by Gasteiger charge is 2.05. The van der Waals surface area contributed by atoms with E-state index in [1.54, 1.807) is 6.21 Å². The second-order valence-corrected chi connectivity index (χ2v) is 6.22. The van der Waals surface area contributed by atoms with Gasteiger partial charge in [-0.15, -0.1) is 11.3 Å². The number of nitrogens with zero attached hydrogens (tertiary/aromatic N) is 1. The predicted molar refractivity (Wildman–Crippen MR) is 84.6 cm³/mol. The lowest BCUT2D eigenvalue weighted by atomic mass is 10.0. The van der Waals surface area contributed by atoms with E-state index >= 15 is 0 Å². The van der Waals surface area contributed by atoms with Gasteiger partial charge in [0.1, 0.15) is 0 Å². The minimum absolute atomic E-state index is 0.168. The predicted octanol–water partition coefficient (Wildman–Crippen LogP) is 3.94. The Morgan fingerprint density at radius 1 is 1.20 bits per heavy atom. The summed E-state index contributed by atoms with van der Waals surface area (Å²) in [6.07, 6.45) is 1.66. The zero-order valence-corrected chi connectivity index (χ0v) is 12.7. The molecule has 0 unspecified atom stereocenters. The second-order valence-electron chi connectivity index (χ2n) is 4.93. The summed E-state index contributed by atoms with van der Waals surface area (Å²) in [6.45, 7) is 6.29. The first-order chi connectivity index (χ1) is 9.56. The van der Waals surface area contributed by atoms with Gasteiger partial charge in [0.05, 0.1) is 11.1 Å².